The molecule has 1 unspecified atom stereocenters. The van der Waals surface area contributed by atoms with E-state index in [1.165, 1.54) is 74.8 Å². The van der Waals surface area contributed by atoms with E-state index in [-0.39, 0.29) is 7.92 Å². The van der Waals surface area contributed by atoms with Crippen molar-refractivity contribution in [2.45, 2.75) is 98.9 Å². The minimum absolute atomic E-state index is 0.00312. The van der Waals surface area contributed by atoms with Crippen LogP contribution in [-0.2, 0) is 5.88 Å². The van der Waals surface area contributed by atoms with E-state index in [9.17, 15) is 0 Å². The average molecular weight is 416 g/mol. The van der Waals surface area contributed by atoms with Crippen molar-refractivity contribution >= 4 is 19.7 Å². The third kappa shape index (κ3) is 5.19. The predicted molar refractivity (Wildman–Crippen MR) is 121 cm³/mol. The first kappa shape index (κ1) is 20.4. The summed E-state index contributed by atoms with van der Waals surface area (Å²) in [4.78, 5) is 1.29. The Labute approximate surface area is 175 Å². The van der Waals surface area contributed by atoms with Crippen molar-refractivity contribution in [1.29, 1.82) is 0 Å². The summed E-state index contributed by atoms with van der Waals surface area (Å²) in [5, 5.41) is 9.14. The number of benzene rings is 1. The van der Waals surface area contributed by atoms with Crippen LogP contribution in [-0.4, -0.2) is 26.3 Å². The molecule has 28 heavy (non-hydrogen) atoms. The number of aromatic nitrogens is 3. The smallest absolute Gasteiger partial charge is 0.0927 e. The van der Waals surface area contributed by atoms with E-state index in [0.29, 0.717) is 5.66 Å². The molecule has 2 aliphatic carbocycles. The van der Waals surface area contributed by atoms with Crippen LogP contribution < -0.4 is 0 Å². The summed E-state index contributed by atoms with van der Waals surface area (Å²) in [6.07, 6.45) is 16.8. The highest BCUT2D eigenvalue weighted by molar-refractivity contribution is 7.98. The highest BCUT2D eigenvalue weighted by atomic mass is 32.2. The molecule has 2 fully saturated rings. The molecule has 0 amide bonds. The van der Waals surface area contributed by atoms with Crippen molar-refractivity contribution in [3.05, 3.63) is 42.2 Å². The standard InChI is InChI=1S/C23H34N3PS/c1-19(23-17-26(25-24-23)18-28-22-15-9-4-10-16-22)27(20-11-5-2-6-12-20)21-13-7-3-8-14-21/h4,9-10,15-17,19-21H,2-3,5-8,11-14,18H2,1H3. The quantitative estimate of drug-likeness (QED) is 0.353. The molecule has 2 aliphatic rings. The van der Waals surface area contributed by atoms with Crippen LogP contribution in [0.15, 0.2) is 41.4 Å². The van der Waals surface area contributed by atoms with Gasteiger partial charge >= 0.3 is 0 Å². The van der Waals surface area contributed by atoms with Gasteiger partial charge in [-0.3, -0.25) is 0 Å². The maximum Gasteiger partial charge on any atom is 0.0927 e. The Morgan fingerprint density at radius 3 is 2.18 bits per heavy atom. The number of hydrogen-bond acceptors (Lipinski definition) is 3. The van der Waals surface area contributed by atoms with Crippen LogP contribution >= 0.6 is 19.7 Å². The van der Waals surface area contributed by atoms with E-state index < -0.39 is 0 Å². The maximum atomic E-state index is 4.65. The van der Waals surface area contributed by atoms with Gasteiger partial charge in [0, 0.05) is 10.6 Å². The van der Waals surface area contributed by atoms with Crippen molar-refractivity contribution in [3.63, 3.8) is 0 Å². The molecule has 1 atom stereocenters. The molecule has 0 spiro atoms. The number of hydrogen-bond donors (Lipinski definition) is 0. The highest BCUT2D eigenvalue weighted by Crippen LogP contribution is 2.63. The van der Waals surface area contributed by atoms with Crippen molar-refractivity contribution in [2.24, 2.45) is 0 Å². The van der Waals surface area contributed by atoms with Crippen molar-refractivity contribution in [2.75, 3.05) is 0 Å². The first-order valence-corrected chi connectivity index (χ1v) is 13.7. The lowest BCUT2D eigenvalue weighted by Gasteiger charge is -2.41. The summed E-state index contributed by atoms with van der Waals surface area (Å²) in [7, 11) is 0.00312. The molecule has 0 saturated heterocycles. The number of rotatable bonds is 7. The normalized spacial score (nSPS) is 20.5. The van der Waals surface area contributed by atoms with Gasteiger partial charge in [0.1, 0.15) is 0 Å². The lowest BCUT2D eigenvalue weighted by molar-refractivity contribution is 0.481. The zero-order valence-corrected chi connectivity index (χ0v) is 18.9. The molecule has 152 valence electrons. The van der Waals surface area contributed by atoms with Gasteiger partial charge in [0.2, 0.25) is 0 Å². The molecule has 0 radical (unpaired) electrons. The van der Waals surface area contributed by atoms with Crippen LogP contribution in [0, 0.1) is 0 Å². The lowest BCUT2D eigenvalue weighted by Crippen LogP contribution is -2.23. The Morgan fingerprint density at radius 2 is 1.57 bits per heavy atom. The monoisotopic (exact) mass is 415 g/mol. The molecule has 0 aliphatic heterocycles. The zero-order valence-electron chi connectivity index (χ0n) is 17.2. The van der Waals surface area contributed by atoms with Gasteiger partial charge in [-0.05, 0) is 49.1 Å². The fraction of sp³-hybridized carbons (Fsp3) is 0.652. The molecule has 0 bridgehead atoms. The summed E-state index contributed by atoms with van der Waals surface area (Å²) in [6, 6.07) is 10.6. The van der Waals surface area contributed by atoms with E-state index in [0.717, 1.165) is 17.2 Å². The first-order valence-electron chi connectivity index (χ1n) is 11.2. The summed E-state index contributed by atoms with van der Waals surface area (Å²) in [5.74, 6) is 0.842. The molecule has 2 aromatic rings. The molecule has 1 aromatic heterocycles. The van der Waals surface area contributed by atoms with Crippen LogP contribution in [0.2, 0.25) is 0 Å². The molecule has 5 heteroatoms. The van der Waals surface area contributed by atoms with E-state index in [2.05, 4.69) is 53.8 Å². The van der Waals surface area contributed by atoms with Gasteiger partial charge in [-0.25, -0.2) is 4.68 Å². The molecular formula is C23H34N3PS. The Balaban J connectivity index is 1.45. The van der Waals surface area contributed by atoms with Gasteiger partial charge < -0.3 is 0 Å². The van der Waals surface area contributed by atoms with E-state index in [1.54, 1.807) is 0 Å². The van der Waals surface area contributed by atoms with Gasteiger partial charge in [-0.2, -0.15) is 0 Å². The van der Waals surface area contributed by atoms with Crippen molar-refractivity contribution in [3.8, 4) is 0 Å². The van der Waals surface area contributed by atoms with E-state index in [1.807, 2.05) is 16.4 Å². The second kappa shape index (κ2) is 10.3. The fourth-order valence-corrected chi connectivity index (χ4v) is 10.0. The lowest BCUT2D eigenvalue weighted by atomic mass is 9.99. The second-order valence-corrected chi connectivity index (χ2v) is 12.6. The van der Waals surface area contributed by atoms with Gasteiger partial charge in [0.05, 0.1) is 17.8 Å². The van der Waals surface area contributed by atoms with Crippen molar-refractivity contribution < 1.29 is 0 Å². The second-order valence-electron chi connectivity index (χ2n) is 8.48. The van der Waals surface area contributed by atoms with Crippen LogP contribution in [0.3, 0.4) is 0 Å². The largest absolute Gasteiger partial charge is 0.242 e. The van der Waals surface area contributed by atoms with Gasteiger partial charge in [0.25, 0.3) is 0 Å². The Bertz CT molecular complexity index is 690. The minimum Gasteiger partial charge on any atom is -0.242 e. The molecule has 4 rings (SSSR count). The Morgan fingerprint density at radius 1 is 0.964 bits per heavy atom. The topological polar surface area (TPSA) is 30.7 Å². The zero-order chi connectivity index (χ0) is 19.2. The number of thioether (sulfide) groups is 1. The number of nitrogens with zero attached hydrogens (tertiary/aromatic N) is 3. The summed E-state index contributed by atoms with van der Waals surface area (Å²) >= 11 is 1.83. The van der Waals surface area contributed by atoms with Gasteiger partial charge in [0.15, 0.2) is 0 Å². The summed E-state index contributed by atoms with van der Waals surface area (Å²) < 4.78 is 2.04. The predicted octanol–water partition coefficient (Wildman–Crippen LogP) is 7.24. The molecule has 0 N–H and O–H groups in total. The van der Waals surface area contributed by atoms with Crippen LogP contribution in [0.1, 0.15) is 82.5 Å². The Kier molecular flexibility index (Phi) is 7.48. The van der Waals surface area contributed by atoms with Crippen LogP contribution in [0.4, 0.5) is 0 Å². The highest BCUT2D eigenvalue weighted by Gasteiger charge is 2.36. The van der Waals surface area contributed by atoms with E-state index in [4.69, 9.17) is 0 Å². The summed E-state index contributed by atoms with van der Waals surface area (Å²) in [6.45, 7) is 2.47. The summed E-state index contributed by atoms with van der Waals surface area (Å²) in [5.41, 5.74) is 3.77. The molecule has 3 nitrogen and oxygen atoms in total. The van der Waals surface area contributed by atoms with E-state index >= 15 is 0 Å². The average Bonchev–Trinajstić information content (AvgIpc) is 3.24. The van der Waals surface area contributed by atoms with Gasteiger partial charge in [-0.1, -0.05) is 76.8 Å². The third-order valence-corrected chi connectivity index (χ3v) is 11.4. The molecule has 1 aromatic carbocycles. The molecule has 2 saturated carbocycles. The molecule has 1 heterocycles. The first-order chi connectivity index (χ1) is 13.8. The van der Waals surface area contributed by atoms with Crippen molar-refractivity contribution in [1.82, 2.24) is 15.0 Å². The fourth-order valence-electron chi connectivity index (χ4n) is 5.07. The third-order valence-electron chi connectivity index (χ3n) is 6.53. The van der Waals surface area contributed by atoms with Crippen LogP contribution in [0.5, 0.6) is 0 Å². The van der Waals surface area contributed by atoms with Crippen LogP contribution in [0.25, 0.3) is 0 Å². The SMILES string of the molecule is CC(c1cn(CSc2ccccc2)nn1)P(C1CCCCC1)C1CCCCC1. The van der Waals surface area contributed by atoms with Gasteiger partial charge in [-0.15, -0.1) is 16.9 Å². The Hall–Kier alpha value is -0.860. The minimum atomic E-state index is 0.00312. The molecular weight excluding hydrogens is 381 g/mol. The maximum absolute atomic E-state index is 4.65.